The normalized spacial score (nSPS) is 16.5. The van der Waals surface area contributed by atoms with Gasteiger partial charge in [-0.3, -0.25) is 14.5 Å². The van der Waals surface area contributed by atoms with E-state index >= 15 is 0 Å². The number of benzene rings is 4. The summed E-state index contributed by atoms with van der Waals surface area (Å²) in [5.41, 5.74) is 4.38. The molecule has 0 aromatic heterocycles. The zero-order valence-electron chi connectivity index (χ0n) is 23.8. The van der Waals surface area contributed by atoms with E-state index in [1.807, 2.05) is 60.7 Å². The van der Waals surface area contributed by atoms with E-state index in [0.29, 0.717) is 31.7 Å². The third kappa shape index (κ3) is 5.63. The number of hydrogen-bond donors (Lipinski definition) is 3. The SMILES string of the molecule is CCOc1cc2c(cc1C(=O)NCC(O)[C@@H]1Cc3ccccc3CN1C(=O)O)CN(Cc1ccc3ccccc3c1)C2=O. The van der Waals surface area contributed by atoms with Crippen molar-refractivity contribution in [3.8, 4) is 5.75 Å². The highest BCUT2D eigenvalue weighted by Crippen LogP contribution is 2.32. The summed E-state index contributed by atoms with van der Waals surface area (Å²) < 4.78 is 5.76. The predicted octanol–water partition coefficient (Wildman–Crippen LogP) is 4.59. The van der Waals surface area contributed by atoms with Gasteiger partial charge in [0, 0.05) is 31.7 Å². The van der Waals surface area contributed by atoms with Crippen molar-refractivity contribution in [2.24, 2.45) is 0 Å². The lowest BCUT2D eigenvalue weighted by atomic mass is 9.91. The minimum Gasteiger partial charge on any atom is -0.493 e. The number of aliphatic hydroxyl groups is 1. The Hall–Kier alpha value is -4.89. The molecule has 0 saturated heterocycles. The smallest absolute Gasteiger partial charge is 0.407 e. The Morgan fingerprint density at radius 2 is 1.70 bits per heavy atom. The summed E-state index contributed by atoms with van der Waals surface area (Å²) in [5.74, 6) is -0.311. The molecule has 0 bridgehead atoms. The van der Waals surface area contributed by atoms with Gasteiger partial charge in [-0.2, -0.15) is 0 Å². The Bertz CT molecular complexity index is 1720. The highest BCUT2D eigenvalue weighted by atomic mass is 16.5. The molecule has 2 aliphatic rings. The van der Waals surface area contributed by atoms with Gasteiger partial charge in [-0.25, -0.2) is 4.79 Å². The van der Waals surface area contributed by atoms with E-state index in [1.54, 1.807) is 24.0 Å². The predicted molar refractivity (Wildman–Crippen MR) is 161 cm³/mol. The number of carboxylic acid groups (broad SMARTS) is 1. The molecule has 43 heavy (non-hydrogen) atoms. The Morgan fingerprint density at radius 3 is 2.47 bits per heavy atom. The van der Waals surface area contributed by atoms with Crippen LogP contribution < -0.4 is 10.1 Å². The number of aliphatic hydroxyl groups excluding tert-OH is 1. The molecule has 0 spiro atoms. The highest BCUT2D eigenvalue weighted by Gasteiger charge is 2.35. The molecule has 2 heterocycles. The topological polar surface area (TPSA) is 119 Å². The lowest BCUT2D eigenvalue weighted by Crippen LogP contribution is -2.53. The lowest BCUT2D eigenvalue weighted by Gasteiger charge is -2.37. The van der Waals surface area contributed by atoms with Gasteiger partial charge in [0.15, 0.2) is 0 Å². The van der Waals surface area contributed by atoms with Crippen molar-refractivity contribution in [3.05, 3.63) is 112 Å². The summed E-state index contributed by atoms with van der Waals surface area (Å²) in [7, 11) is 0. The number of amides is 3. The molecule has 6 rings (SSSR count). The van der Waals surface area contributed by atoms with Gasteiger partial charge in [0.05, 0.1) is 24.3 Å². The second kappa shape index (κ2) is 11.8. The largest absolute Gasteiger partial charge is 0.493 e. The lowest BCUT2D eigenvalue weighted by molar-refractivity contribution is 0.0382. The van der Waals surface area contributed by atoms with Gasteiger partial charge < -0.3 is 25.2 Å². The van der Waals surface area contributed by atoms with Gasteiger partial charge in [0.2, 0.25) is 0 Å². The molecule has 1 unspecified atom stereocenters. The molecule has 3 amide bonds. The van der Waals surface area contributed by atoms with Crippen molar-refractivity contribution in [1.29, 1.82) is 0 Å². The molecule has 0 radical (unpaired) electrons. The van der Waals surface area contributed by atoms with Crippen LogP contribution in [-0.2, 0) is 26.1 Å². The van der Waals surface area contributed by atoms with Crippen LogP contribution in [0.1, 0.15) is 49.9 Å². The van der Waals surface area contributed by atoms with Gasteiger partial charge in [-0.05, 0) is 64.6 Å². The van der Waals surface area contributed by atoms with E-state index < -0.39 is 24.1 Å². The first kappa shape index (κ1) is 28.2. The summed E-state index contributed by atoms with van der Waals surface area (Å²) in [6, 6.07) is 24.4. The standard InChI is InChI=1S/C34H33N3O6/c1-2-43-31-16-27-26(19-36(33(27)40)18-21-11-12-22-7-3-4-8-23(22)13-21)14-28(31)32(39)35-17-30(38)29-15-24-9-5-6-10-25(24)20-37(29)34(41)42/h3-14,16,29-30,38H,2,15,17-20H2,1H3,(H,35,39)(H,41,42)/t29-,30?/m0/s1. The molecule has 2 atom stereocenters. The van der Waals surface area contributed by atoms with E-state index in [-0.39, 0.29) is 30.3 Å². The van der Waals surface area contributed by atoms with Gasteiger partial charge in [0.1, 0.15) is 5.75 Å². The molecule has 3 N–H and O–H groups in total. The fraction of sp³-hybridized carbons (Fsp3) is 0.265. The van der Waals surface area contributed by atoms with Gasteiger partial charge in [-0.1, -0.05) is 60.7 Å². The number of rotatable bonds is 8. The Morgan fingerprint density at radius 1 is 0.953 bits per heavy atom. The number of carbonyl (C=O) groups is 3. The number of carbonyl (C=O) groups excluding carboxylic acids is 2. The van der Waals surface area contributed by atoms with Crippen molar-refractivity contribution in [3.63, 3.8) is 0 Å². The van der Waals surface area contributed by atoms with Crippen LogP contribution >= 0.6 is 0 Å². The third-order valence-corrected chi connectivity index (χ3v) is 8.27. The van der Waals surface area contributed by atoms with Crippen molar-refractivity contribution in [1.82, 2.24) is 15.1 Å². The first-order chi connectivity index (χ1) is 20.8. The third-order valence-electron chi connectivity index (χ3n) is 8.27. The molecule has 9 heteroatoms. The maximum atomic E-state index is 13.4. The summed E-state index contributed by atoms with van der Waals surface area (Å²) in [4.78, 5) is 41.7. The van der Waals surface area contributed by atoms with Crippen molar-refractivity contribution in [2.75, 3.05) is 13.2 Å². The molecule has 0 fully saturated rings. The Kier molecular flexibility index (Phi) is 7.73. The molecule has 2 aliphatic heterocycles. The van der Waals surface area contributed by atoms with Crippen LogP contribution in [0.5, 0.6) is 5.75 Å². The van der Waals surface area contributed by atoms with Crippen molar-refractivity contribution < 1.29 is 29.3 Å². The van der Waals surface area contributed by atoms with Crippen LogP contribution in [0.3, 0.4) is 0 Å². The van der Waals surface area contributed by atoms with Crippen molar-refractivity contribution in [2.45, 2.75) is 45.1 Å². The average molecular weight is 580 g/mol. The van der Waals surface area contributed by atoms with Gasteiger partial charge >= 0.3 is 6.09 Å². The van der Waals surface area contributed by atoms with Crippen LogP contribution in [0.15, 0.2) is 78.9 Å². The molecular weight excluding hydrogens is 546 g/mol. The molecule has 9 nitrogen and oxygen atoms in total. The van der Waals surface area contributed by atoms with E-state index in [2.05, 4.69) is 11.4 Å². The fourth-order valence-electron chi connectivity index (χ4n) is 6.07. The minimum atomic E-state index is -1.13. The molecule has 220 valence electrons. The minimum absolute atomic E-state index is 0.127. The molecule has 0 saturated carbocycles. The number of fused-ring (bicyclic) bond motifs is 3. The summed E-state index contributed by atoms with van der Waals surface area (Å²) in [5, 5.41) is 25.8. The van der Waals surface area contributed by atoms with E-state index in [1.165, 1.54) is 4.90 Å². The summed E-state index contributed by atoms with van der Waals surface area (Å²) >= 11 is 0. The van der Waals surface area contributed by atoms with E-state index in [0.717, 1.165) is 33.0 Å². The van der Waals surface area contributed by atoms with Crippen LogP contribution in [0, 0.1) is 0 Å². The van der Waals surface area contributed by atoms with E-state index in [4.69, 9.17) is 4.74 Å². The Labute approximate surface area is 249 Å². The van der Waals surface area contributed by atoms with Crippen LogP contribution in [0.2, 0.25) is 0 Å². The molecule has 4 aromatic carbocycles. The average Bonchev–Trinajstić information content (AvgIpc) is 3.32. The molecular formula is C34H33N3O6. The van der Waals surface area contributed by atoms with E-state index in [9.17, 15) is 24.6 Å². The fourth-order valence-corrected chi connectivity index (χ4v) is 6.07. The number of nitrogens with one attached hydrogen (secondary N) is 1. The second-order valence-electron chi connectivity index (χ2n) is 11.0. The van der Waals surface area contributed by atoms with Crippen LogP contribution in [-0.4, -0.2) is 63.2 Å². The van der Waals surface area contributed by atoms with Crippen molar-refractivity contribution >= 4 is 28.7 Å². The maximum Gasteiger partial charge on any atom is 0.407 e. The Balaban J connectivity index is 1.17. The maximum absolute atomic E-state index is 13.4. The zero-order chi connectivity index (χ0) is 30.1. The van der Waals surface area contributed by atoms with Gasteiger partial charge in [0.25, 0.3) is 11.8 Å². The first-order valence-corrected chi connectivity index (χ1v) is 14.4. The van der Waals surface area contributed by atoms with Crippen LogP contribution in [0.4, 0.5) is 4.79 Å². The number of hydrogen-bond acceptors (Lipinski definition) is 5. The van der Waals surface area contributed by atoms with Crippen LogP contribution in [0.25, 0.3) is 10.8 Å². The van der Waals surface area contributed by atoms with Gasteiger partial charge in [-0.15, -0.1) is 0 Å². The highest BCUT2D eigenvalue weighted by molar-refractivity contribution is 6.03. The zero-order valence-corrected chi connectivity index (χ0v) is 23.8. The molecule has 0 aliphatic carbocycles. The summed E-state index contributed by atoms with van der Waals surface area (Å²) in [6.07, 6.45) is -1.91. The monoisotopic (exact) mass is 579 g/mol. The number of ether oxygens (including phenoxy) is 1. The number of nitrogens with zero attached hydrogens (tertiary/aromatic N) is 2. The second-order valence-corrected chi connectivity index (χ2v) is 11.0. The summed E-state index contributed by atoms with van der Waals surface area (Å²) in [6.45, 7) is 2.90. The quantitative estimate of drug-likeness (QED) is 0.281. The first-order valence-electron chi connectivity index (χ1n) is 14.4. The molecule has 4 aromatic rings.